The van der Waals surface area contributed by atoms with Crippen LogP contribution < -0.4 is 0 Å². The molecule has 0 amide bonds. The van der Waals surface area contributed by atoms with Crippen LogP contribution in [0.25, 0.3) is 0 Å². The predicted molar refractivity (Wildman–Crippen MR) is 53.0 cm³/mol. The van der Waals surface area contributed by atoms with Gasteiger partial charge in [0.15, 0.2) is 0 Å². The van der Waals surface area contributed by atoms with Crippen molar-refractivity contribution in [1.29, 1.82) is 0 Å². The van der Waals surface area contributed by atoms with Crippen molar-refractivity contribution in [1.82, 2.24) is 0 Å². The summed E-state index contributed by atoms with van der Waals surface area (Å²) in [6, 6.07) is 0. The third-order valence-corrected chi connectivity index (χ3v) is 2.78. The molecular weight excluding hydrogens is 151 g/mol. The smallest absolute Gasteiger partial charge is 0.105 e. The Labute approximate surface area is 76.6 Å². The number of alkyl halides is 1. The van der Waals surface area contributed by atoms with Crippen LogP contribution in [0.5, 0.6) is 0 Å². The molecule has 0 nitrogen and oxygen atoms in total. The summed E-state index contributed by atoms with van der Waals surface area (Å²) in [5.41, 5.74) is -0.135. The first kappa shape index (κ1) is 11.9. The summed E-state index contributed by atoms with van der Waals surface area (Å²) in [6.07, 6.45) is 2.15. The lowest BCUT2D eigenvalue weighted by Crippen LogP contribution is -2.27. The van der Waals surface area contributed by atoms with Crippen LogP contribution in [-0.4, -0.2) is 6.17 Å². The van der Waals surface area contributed by atoms with E-state index in [0.717, 1.165) is 12.8 Å². The van der Waals surface area contributed by atoms with Crippen molar-refractivity contribution in [2.45, 2.75) is 60.1 Å². The van der Waals surface area contributed by atoms with Gasteiger partial charge in [0.05, 0.1) is 0 Å². The summed E-state index contributed by atoms with van der Waals surface area (Å²) >= 11 is 0. The first-order valence-electron chi connectivity index (χ1n) is 5.08. The third-order valence-electron chi connectivity index (χ3n) is 2.78. The Kier molecular flexibility index (Phi) is 4.81. The number of hydrogen-bond donors (Lipinski definition) is 0. The molecule has 0 aromatic rings. The van der Waals surface area contributed by atoms with Crippen molar-refractivity contribution in [3.63, 3.8) is 0 Å². The van der Waals surface area contributed by atoms with E-state index in [2.05, 4.69) is 13.8 Å². The molecule has 0 heterocycles. The van der Waals surface area contributed by atoms with Gasteiger partial charge in [0, 0.05) is 0 Å². The van der Waals surface area contributed by atoms with E-state index >= 15 is 0 Å². The van der Waals surface area contributed by atoms with E-state index in [-0.39, 0.29) is 5.41 Å². The Hall–Kier alpha value is -0.0700. The Morgan fingerprint density at radius 3 is 2.00 bits per heavy atom. The Bertz CT molecular complexity index is 118. The molecule has 0 saturated carbocycles. The maximum Gasteiger partial charge on any atom is 0.105 e. The van der Waals surface area contributed by atoms with E-state index in [9.17, 15) is 4.39 Å². The van der Waals surface area contributed by atoms with Crippen molar-refractivity contribution < 1.29 is 4.39 Å². The van der Waals surface area contributed by atoms with Crippen LogP contribution in [0.15, 0.2) is 0 Å². The molecule has 0 spiro atoms. The topological polar surface area (TPSA) is 0 Å². The maximum atomic E-state index is 13.4. The highest BCUT2D eigenvalue weighted by Gasteiger charge is 2.29. The summed E-state index contributed by atoms with van der Waals surface area (Å²) < 4.78 is 13.4. The molecule has 12 heavy (non-hydrogen) atoms. The molecule has 0 fully saturated rings. The van der Waals surface area contributed by atoms with Gasteiger partial charge in [0.1, 0.15) is 6.17 Å². The maximum absolute atomic E-state index is 13.4. The zero-order valence-corrected chi connectivity index (χ0v) is 9.15. The van der Waals surface area contributed by atoms with Gasteiger partial charge in [-0.3, -0.25) is 0 Å². The lowest BCUT2D eigenvalue weighted by Gasteiger charge is -2.30. The highest BCUT2D eigenvalue weighted by Crippen LogP contribution is 2.33. The summed E-state index contributed by atoms with van der Waals surface area (Å²) in [7, 11) is 0. The molecule has 0 aromatic heterocycles. The molecule has 0 saturated heterocycles. The zero-order chi connectivity index (χ0) is 9.78. The average molecular weight is 174 g/mol. The van der Waals surface area contributed by atoms with Gasteiger partial charge in [-0.15, -0.1) is 0 Å². The van der Waals surface area contributed by atoms with Gasteiger partial charge in [0.25, 0.3) is 0 Å². The van der Waals surface area contributed by atoms with Gasteiger partial charge in [-0.1, -0.05) is 41.0 Å². The molecule has 0 aromatic carbocycles. The first-order chi connectivity index (χ1) is 5.44. The fourth-order valence-electron chi connectivity index (χ4n) is 1.72. The van der Waals surface area contributed by atoms with Crippen molar-refractivity contribution in [2.24, 2.45) is 11.3 Å². The van der Waals surface area contributed by atoms with Gasteiger partial charge in [0.2, 0.25) is 0 Å². The number of halogens is 1. The van der Waals surface area contributed by atoms with E-state index < -0.39 is 6.17 Å². The molecule has 0 bridgehead atoms. The minimum Gasteiger partial charge on any atom is -0.247 e. The minimum atomic E-state index is -0.647. The van der Waals surface area contributed by atoms with E-state index in [0.29, 0.717) is 12.3 Å². The van der Waals surface area contributed by atoms with Crippen LogP contribution >= 0.6 is 0 Å². The van der Waals surface area contributed by atoms with Gasteiger partial charge < -0.3 is 0 Å². The highest BCUT2D eigenvalue weighted by molar-refractivity contribution is 4.78. The largest absolute Gasteiger partial charge is 0.247 e. The van der Waals surface area contributed by atoms with E-state index in [4.69, 9.17) is 0 Å². The van der Waals surface area contributed by atoms with Crippen molar-refractivity contribution in [3.8, 4) is 0 Å². The molecular formula is C11H23F. The molecule has 0 aliphatic heterocycles. The summed E-state index contributed by atoms with van der Waals surface area (Å²) in [6.45, 7) is 10.4. The van der Waals surface area contributed by atoms with Gasteiger partial charge in [-0.2, -0.15) is 0 Å². The summed E-state index contributed by atoms with van der Waals surface area (Å²) in [5, 5.41) is 0. The van der Waals surface area contributed by atoms with Crippen molar-refractivity contribution >= 4 is 0 Å². The normalized spacial score (nSPS) is 17.5. The standard InChI is InChI=1S/C11H23F/c1-6-9(3)8-11(4,5)10(12)7-2/h9-10H,6-8H2,1-5H3. The van der Waals surface area contributed by atoms with Crippen molar-refractivity contribution in [3.05, 3.63) is 0 Å². The Morgan fingerprint density at radius 2 is 1.67 bits per heavy atom. The molecule has 0 aliphatic rings. The van der Waals surface area contributed by atoms with E-state index in [1.165, 1.54) is 0 Å². The van der Waals surface area contributed by atoms with Crippen LogP contribution in [0.2, 0.25) is 0 Å². The van der Waals surface area contributed by atoms with Gasteiger partial charge in [-0.05, 0) is 24.2 Å². The molecule has 1 heteroatoms. The molecule has 74 valence electrons. The fourth-order valence-corrected chi connectivity index (χ4v) is 1.72. The van der Waals surface area contributed by atoms with E-state index in [1.807, 2.05) is 20.8 Å². The van der Waals surface area contributed by atoms with E-state index in [1.54, 1.807) is 0 Å². The highest BCUT2D eigenvalue weighted by atomic mass is 19.1. The summed E-state index contributed by atoms with van der Waals surface area (Å²) in [5.74, 6) is 0.643. The second-order valence-corrected chi connectivity index (χ2v) is 4.58. The van der Waals surface area contributed by atoms with Gasteiger partial charge >= 0.3 is 0 Å². The lowest BCUT2D eigenvalue weighted by atomic mass is 9.78. The van der Waals surface area contributed by atoms with Crippen LogP contribution in [0.1, 0.15) is 53.9 Å². The van der Waals surface area contributed by atoms with Crippen LogP contribution in [-0.2, 0) is 0 Å². The van der Waals surface area contributed by atoms with Crippen molar-refractivity contribution in [2.75, 3.05) is 0 Å². The SMILES string of the molecule is CCC(C)CC(C)(C)C(F)CC. The van der Waals surface area contributed by atoms with Crippen LogP contribution in [0.3, 0.4) is 0 Å². The number of hydrogen-bond acceptors (Lipinski definition) is 0. The molecule has 2 unspecified atom stereocenters. The third kappa shape index (κ3) is 3.55. The van der Waals surface area contributed by atoms with Crippen LogP contribution in [0, 0.1) is 11.3 Å². The lowest BCUT2D eigenvalue weighted by molar-refractivity contribution is 0.109. The molecule has 0 rings (SSSR count). The molecule has 2 atom stereocenters. The molecule has 0 N–H and O–H groups in total. The second-order valence-electron chi connectivity index (χ2n) is 4.58. The molecule has 0 radical (unpaired) electrons. The average Bonchev–Trinajstić information content (AvgIpc) is 2.02. The Balaban J connectivity index is 4.02. The monoisotopic (exact) mass is 174 g/mol. The number of rotatable bonds is 5. The first-order valence-corrected chi connectivity index (χ1v) is 5.08. The molecule has 0 aliphatic carbocycles. The van der Waals surface area contributed by atoms with Crippen LogP contribution in [0.4, 0.5) is 4.39 Å². The summed E-state index contributed by atoms with van der Waals surface area (Å²) in [4.78, 5) is 0. The van der Waals surface area contributed by atoms with Gasteiger partial charge in [-0.25, -0.2) is 4.39 Å². The second kappa shape index (κ2) is 4.84. The fraction of sp³-hybridized carbons (Fsp3) is 1.00. The zero-order valence-electron chi connectivity index (χ0n) is 9.15. The minimum absolute atomic E-state index is 0.135. The Morgan fingerprint density at radius 1 is 1.17 bits per heavy atom. The predicted octanol–water partition coefficient (Wildman–Crippen LogP) is 4.20. The quantitative estimate of drug-likeness (QED) is 0.586.